The molecule has 166 valence electrons. The maximum absolute atomic E-state index is 13.8. The molecule has 5 rings (SSSR count). The lowest BCUT2D eigenvalue weighted by atomic mass is 10.2. The Morgan fingerprint density at radius 2 is 2.12 bits per heavy atom. The fraction of sp³-hybridized carbons (Fsp3) is 0.300. The van der Waals surface area contributed by atoms with E-state index in [-0.39, 0.29) is 29.7 Å². The third-order valence-corrected chi connectivity index (χ3v) is 6.19. The zero-order chi connectivity index (χ0) is 22.4. The summed E-state index contributed by atoms with van der Waals surface area (Å²) in [7, 11) is 0. The molecule has 12 heteroatoms. The quantitative estimate of drug-likeness (QED) is 0.490. The third-order valence-electron chi connectivity index (χ3n) is 5.29. The van der Waals surface area contributed by atoms with Crippen LogP contribution in [0.25, 0.3) is 16.0 Å². The van der Waals surface area contributed by atoms with Gasteiger partial charge in [0.1, 0.15) is 22.9 Å². The van der Waals surface area contributed by atoms with Crippen LogP contribution in [0.1, 0.15) is 12.8 Å². The van der Waals surface area contributed by atoms with Gasteiger partial charge in [0, 0.05) is 12.7 Å². The molecule has 4 heterocycles. The molecule has 1 amide bonds. The summed E-state index contributed by atoms with van der Waals surface area (Å²) < 4.78 is 36.8. The van der Waals surface area contributed by atoms with Crippen LogP contribution < -0.4 is 16.6 Å². The highest BCUT2D eigenvalue weighted by Crippen LogP contribution is 2.20. The van der Waals surface area contributed by atoms with Gasteiger partial charge in [-0.1, -0.05) is 0 Å². The Bertz CT molecular complexity index is 1460. The van der Waals surface area contributed by atoms with E-state index in [4.69, 9.17) is 4.74 Å². The van der Waals surface area contributed by atoms with Crippen LogP contribution >= 0.6 is 11.3 Å². The number of amides is 1. The molecule has 1 aliphatic rings. The van der Waals surface area contributed by atoms with E-state index in [0.717, 1.165) is 35.7 Å². The van der Waals surface area contributed by atoms with Crippen molar-refractivity contribution < 1.29 is 18.3 Å². The average molecular weight is 461 g/mol. The number of thiophene rings is 1. The van der Waals surface area contributed by atoms with Crippen LogP contribution in [-0.2, 0) is 22.6 Å². The summed E-state index contributed by atoms with van der Waals surface area (Å²) in [5, 5.41) is 8.16. The van der Waals surface area contributed by atoms with Crippen molar-refractivity contribution in [3.05, 3.63) is 62.1 Å². The number of nitrogens with zero attached hydrogens (tertiary/aromatic N) is 4. The second kappa shape index (κ2) is 7.95. The molecule has 1 aliphatic heterocycles. The number of benzene rings is 1. The van der Waals surface area contributed by atoms with Gasteiger partial charge < -0.3 is 10.1 Å². The summed E-state index contributed by atoms with van der Waals surface area (Å²) in [6, 6.07) is 4.30. The smallest absolute Gasteiger partial charge is 0.352 e. The van der Waals surface area contributed by atoms with Crippen molar-refractivity contribution in [3.8, 4) is 0 Å². The van der Waals surface area contributed by atoms with Crippen LogP contribution in [0.2, 0.25) is 0 Å². The zero-order valence-electron chi connectivity index (χ0n) is 16.6. The summed E-state index contributed by atoms with van der Waals surface area (Å²) in [5.74, 6) is -2.21. The van der Waals surface area contributed by atoms with Crippen LogP contribution in [0, 0.1) is 11.6 Å². The van der Waals surface area contributed by atoms with Gasteiger partial charge >= 0.3 is 5.69 Å². The highest BCUT2D eigenvalue weighted by Gasteiger charge is 2.23. The van der Waals surface area contributed by atoms with Crippen molar-refractivity contribution >= 4 is 38.9 Å². The molecule has 4 aromatic rings. The van der Waals surface area contributed by atoms with Crippen molar-refractivity contribution in [1.29, 1.82) is 0 Å². The average Bonchev–Trinajstić information content (AvgIpc) is 3.49. The van der Waals surface area contributed by atoms with Crippen molar-refractivity contribution in [3.63, 3.8) is 0 Å². The van der Waals surface area contributed by atoms with Gasteiger partial charge in [-0.2, -0.15) is 0 Å². The molecule has 32 heavy (non-hydrogen) atoms. The van der Waals surface area contributed by atoms with Crippen molar-refractivity contribution in [2.24, 2.45) is 0 Å². The lowest BCUT2D eigenvalue weighted by Gasteiger charge is -2.12. The number of hydrogen-bond donors (Lipinski definition) is 1. The molecule has 0 spiro atoms. The maximum Gasteiger partial charge on any atom is 0.352 e. The number of carbonyl (C=O) groups excluding carboxylic acids is 1. The van der Waals surface area contributed by atoms with Gasteiger partial charge in [0.05, 0.1) is 23.9 Å². The predicted octanol–water partition coefficient (Wildman–Crippen LogP) is 1.97. The number of anilines is 1. The largest absolute Gasteiger partial charge is 0.376 e. The van der Waals surface area contributed by atoms with Gasteiger partial charge in [0.2, 0.25) is 11.7 Å². The molecule has 1 saturated heterocycles. The third kappa shape index (κ3) is 3.50. The van der Waals surface area contributed by atoms with E-state index in [1.54, 1.807) is 11.4 Å². The molecule has 0 unspecified atom stereocenters. The molecular formula is C20H17F2N5O4S. The minimum Gasteiger partial charge on any atom is -0.376 e. The first-order chi connectivity index (χ1) is 15.4. The van der Waals surface area contributed by atoms with Gasteiger partial charge in [0.15, 0.2) is 0 Å². The standard InChI is InChI=1S/C20H17F2N5O4S/c21-11-3-4-13(22)14(8-11)23-16(28)10-26-20(30)27-15-5-7-32-17(15)18(29)25(19(27)24-26)9-12-2-1-6-31-12/h3-5,7-8,12H,1-2,6,9-10H2,(H,23,28)/t12-/m0/s1. The van der Waals surface area contributed by atoms with Gasteiger partial charge in [-0.15, -0.1) is 16.4 Å². The summed E-state index contributed by atoms with van der Waals surface area (Å²) in [4.78, 5) is 38.5. The molecule has 0 aliphatic carbocycles. The SMILES string of the molecule is O=C(Cn1nc2n(C[C@@H]3CCCO3)c(=O)c3sccc3n2c1=O)Nc1cc(F)ccc1F. The van der Waals surface area contributed by atoms with E-state index < -0.39 is 29.8 Å². The first-order valence-electron chi connectivity index (χ1n) is 9.88. The number of nitrogens with one attached hydrogen (secondary N) is 1. The summed E-state index contributed by atoms with van der Waals surface area (Å²) in [6.45, 7) is 0.290. The lowest BCUT2D eigenvalue weighted by Crippen LogP contribution is -2.30. The molecule has 1 aromatic carbocycles. The molecule has 9 nitrogen and oxygen atoms in total. The van der Waals surface area contributed by atoms with E-state index in [0.29, 0.717) is 16.8 Å². The van der Waals surface area contributed by atoms with Crippen molar-refractivity contribution in [2.45, 2.75) is 32.0 Å². The van der Waals surface area contributed by atoms with E-state index in [1.807, 2.05) is 0 Å². The number of rotatable bonds is 5. The van der Waals surface area contributed by atoms with Crippen molar-refractivity contribution in [1.82, 2.24) is 18.7 Å². The Morgan fingerprint density at radius 3 is 2.91 bits per heavy atom. The van der Waals surface area contributed by atoms with Crippen LogP contribution in [0.15, 0.2) is 39.2 Å². The van der Waals surface area contributed by atoms with Crippen LogP contribution in [0.3, 0.4) is 0 Å². The van der Waals surface area contributed by atoms with E-state index in [1.165, 1.54) is 20.3 Å². The minimum atomic E-state index is -0.813. The van der Waals surface area contributed by atoms with Crippen LogP contribution in [0.4, 0.5) is 14.5 Å². The van der Waals surface area contributed by atoms with E-state index in [9.17, 15) is 23.2 Å². The monoisotopic (exact) mass is 461 g/mol. The number of aromatic nitrogens is 4. The molecule has 0 bridgehead atoms. The Morgan fingerprint density at radius 1 is 1.28 bits per heavy atom. The molecule has 1 atom stereocenters. The van der Waals surface area contributed by atoms with Gasteiger partial charge in [-0.25, -0.2) is 22.7 Å². The number of carbonyl (C=O) groups is 1. The number of fused-ring (bicyclic) bond motifs is 3. The zero-order valence-corrected chi connectivity index (χ0v) is 17.4. The number of ether oxygens (including phenoxy) is 1. The number of hydrogen-bond acceptors (Lipinski definition) is 6. The maximum atomic E-state index is 13.8. The first-order valence-corrected chi connectivity index (χ1v) is 10.8. The Kier molecular flexibility index (Phi) is 5.10. The molecule has 1 fully saturated rings. The van der Waals surface area contributed by atoms with Gasteiger partial charge in [-0.3, -0.25) is 14.2 Å². The normalized spacial score (nSPS) is 16.2. The predicted molar refractivity (Wildman–Crippen MR) is 113 cm³/mol. The van der Waals surface area contributed by atoms with Crippen LogP contribution in [-0.4, -0.2) is 37.4 Å². The van der Waals surface area contributed by atoms with E-state index >= 15 is 0 Å². The molecule has 1 N–H and O–H groups in total. The van der Waals surface area contributed by atoms with Gasteiger partial charge in [0.25, 0.3) is 5.56 Å². The molecule has 0 radical (unpaired) electrons. The molecular weight excluding hydrogens is 444 g/mol. The second-order valence-corrected chi connectivity index (χ2v) is 8.35. The molecule has 0 saturated carbocycles. The van der Waals surface area contributed by atoms with Crippen molar-refractivity contribution in [2.75, 3.05) is 11.9 Å². The Labute approximate surface area is 182 Å². The second-order valence-electron chi connectivity index (χ2n) is 7.43. The highest BCUT2D eigenvalue weighted by molar-refractivity contribution is 7.17. The van der Waals surface area contributed by atoms with Crippen LogP contribution in [0.5, 0.6) is 0 Å². The van der Waals surface area contributed by atoms with E-state index in [2.05, 4.69) is 10.4 Å². The summed E-state index contributed by atoms with van der Waals surface area (Å²) >= 11 is 1.21. The summed E-state index contributed by atoms with van der Waals surface area (Å²) in [6.07, 6.45) is 1.50. The molecule has 3 aromatic heterocycles. The fourth-order valence-corrected chi connectivity index (χ4v) is 4.64. The topological polar surface area (TPSA) is 99.6 Å². The Hall–Kier alpha value is -3.38. The lowest BCUT2D eigenvalue weighted by molar-refractivity contribution is -0.117. The first kappa shape index (κ1) is 20.5. The van der Waals surface area contributed by atoms with Gasteiger partial charge in [-0.05, 0) is 36.4 Å². The highest BCUT2D eigenvalue weighted by atomic mass is 32.1. The summed E-state index contributed by atoms with van der Waals surface area (Å²) in [5.41, 5.74) is -0.866. The number of halogens is 2. The Balaban J connectivity index is 1.55. The minimum absolute atomic E-state index is 0.0890. The fourth-order valence-electron chi connectivity index (χ4n) is 3.81.